The van der Waals surface area contributed by atoms with Gasteiger partial charge in [-0.15, -0.1) is 0 Å². The summed E-state index contributed by atoms with van der Waals surface area (Å²) in [4.78, 5) is 12.6. The topological polar surface area (TPSA) is 66.5 Å². The van der Waals surface area contributed by atoms with Crippen LogP contribution < -0.4 is 5.32 Å². The molecule has 0 radical (unpaired) electrons. The second-order valence-corrected chi connectivity index (χ2v) is 9.04. The number of nitrogens with one attached hydrogen (secondary N) is 1. The Hall–Kier alpha value is -1.11. The third-order valence-corrected chi connectivity index (χ3v) is 6.25. The number of nitrogens with zero attached hydrogens (tertiary/aromatic N) is 1. The summed E-state index contributed by atoms with van der Waals surface area (Å²) in [6.07, 6.45) is 3.47. The van der Waals surface area contributed by atoms with Crippen LogP contribution in [-0.2, 0) is 10.0 Å². The van der Waals surface area contributed by atoms with Crippen LogP contribution >= 0.6 is 11.6 Å². The molecule has 1 saturated carbocycles. The molecule has 2 aliphatic rings. The number of carbonyl (C=O) groups excluding carboxylic acids is 1. The molecule has 126 valence electrons. The molecule has 1 heterocycles. The van der Waals surface area contributed by atoms with Crippen molar-refractivity contribution in [2.45, 2.75) is 25.8 Å². The molecule has 1 N–H and O–H groups in total. The highest BCUT2D eigenvalue weighted by Crippen LogP contribution is 2.42. The van der Waals surface area contributed by atoms with Crippen LogP contribution in [0, 0.1) is 18.8 Å². The maximum absolute atomic E-state index is 12.6. The summed E-state index contributed by atoms with van der Waals surface area (Å²) in [6, 6.07) is 5.04. The normalized spacial score (nSPS) is 25.5. The second kappa shape index (κ2) is 6.07. The van der Waals surface area contributed by atoms with Crippen molar-refractivity contribution in [3.8, 4) is 0 Å². The van der Waals surface area contributed by atoms with Gasteiger partial charge in [-0.05, 0) is 55.4 Å². The number of rotatable bonds is 4. The van der Waals surface area contributed by atoms with Gasteiger partial charge in [-0.3, -0.25) is 4.79 Å². The molecule has 1 amide bonds. The molecule has 1 aromatic rings. The lowest BCUT2D eigenvalue weighted by atomic mass is 9.97. The minimum Gasteiger partial charge on any atom is -0.348 e. The summed E-state index contributed by atoms with van der Waals surface area (Å²) in [7, 11) is -3.22. The van der Waals surface area contributed by atoms with Crippen molar-refractivity contribution >= 4 is 27.5 Å². The lowest BCUT2D eigenvalue weighted by molar-refractivity contribution is 0.0928. The predicted molar refractivity (Wildman–Crippen MR) is 90.1 cm³/mol. The highest BCUT2D eigenvalue weighted by Gasteiger charge is 2.45. The fourth-order valence-electron chi connectivity index (χ4n) is 3.35. The summed E-state index contributed by atoms with van der Waals surface area (Å²) in [5, 5.41) is 3.64. The van der Waals surface area contributed by atoms with E-state index in [0.717, 1.165) is 18.4 Å². The van der Waals surface area contributed by atoms with Gasteiger partial charge in [0.1, 0.15) is 0 Å². The summed E-state index contributed by atoms with van der Waals surface area (Å²) < 4.78 is 25.1. The van der Waals surface area contributed by atoms with Crippen molar-refractivity contribution in [2.24, 2.45) is 11.8 Å². The third kappa shape index (κ3) is 3.70. The quantitative estimate of drug-likeness (QED) is 0.897. The van der Waals surface area contributed by atoms with Crippen LogP contribution in [0.2, 0.25) is 5.02 Å². The maximum atomic E-state index is 12.6. The molecule has 2 atom stereocenters. The minimum absolute atomic E-state index is 0.125. The summed E-state index contributed by atoms with van der Waals surface area (Å²) in [5.74, 6) is 0.574. The van der Waals surface area contributed by atoms with Crippen molar-refractivity contribution in [3.63, 3.8) is 0 Å². The smallest absolute Gasteiger partial charge is 0.251 e. The zero-order valence-electron chi connectivity index (χ0n) is 13.3. The van der Waals surface area contributed by atoms with E-state index in [1.165, 1.54) is 10.6 Å². The minimum atomic E-state index is -3.22. The molecule has 1 saturated heterocycles. The first-order chi connectivity index (χ1) is 10.8. The Morgan fingerprint density at radius 2 is 2.00 bits per heavy atom. The van der Waals surface area contributed by atoms with E-state index in [1.807, 2.05) is 6.92 Å². The van der Waals surface area contributed by atoms with E-state index in [4.69, 9.17) is 11.6 Å². The van der Waals surface area contributed by atoms with Crippen molar-refractivity contribution in [1.82, 2.24) is 9.62 Å². The fourth-order valence-corrected chi connectivity index (χ4v) is 4.45. The summed E-state index contributed by atoms with van der Waals surface area (Å²) in [6.45, 7) is 2.71. The molecule has 5 nitrogen and oxygen atoms in total. The number of amides is 1. The molecule has 2 fully saturated rings. The molecule has 7 heteroatoms. The average molecular weight is 357 g/mol. The van der Waals surface area contributed by atoms with Gasteiger partial charge >= 0.3 is 0 Å². The average Bonchev–Trinajstić information content (AvgIpc) is 3.18. The molecule has 1 aliphatic heterocycles. The molecule has 0 bridgehead atoms. The maximum Gasteiger partial charge on any atom is 0.251 e. The van der Waals surface area contributed by atoms with Crippen LogP contribution in [0.3, 0.4) is 0 Å². The number of carbonyl (C=O) groups is 1. The Kier molecular flexibility index (Phi) is 4.42. The predicted octanol–water partition coefficient (Wildman–Crippen LogP) is 2.05. The lowest BCUT2D eigenvalue weighted by Crippen LogP contribution is -2.41. The van der Waals surface area contributed by atoms with Crippen molar-refractivity contribution < 1.29 is 13.2 Å². The van der Waals surface area contributed by atoms with E-state index in [1.54, 1.807) is 18.2 Å². The third-order valence-electron chi connectivity index (χ3n) is 4.78. The van der Waals surface area contributed by atoms with Crippen molar-refractivity contribution in [2.75, 3.05) is 19.3 Å². The molecule has 0 unspecified atom stereocenters. The Morgan fingerprint density at radius 3 is 2.57 bits per heavy atom. The number of hydrogen-bond acceptors (Lipinski definition) is 3. The van der Waals surface area contributed by atoms with E-state index in [-0.39, 0.29) is 17.9 Å². The van der Waals surface area contributed by atoms with Crippen LogP contribution in [0.1, 0.15) is 28.8 Å². The highest BCUT2D eigenvalue weighted by atomic mass is 35.5. The van der Waals surface area contributed by atoms with Gasteiger partial charge in [-0.1, -0.05) is 11.6 Å². The van der Waals surface area contributed by atoms with Crippen LogP contribution in [-0.4, -0.2) is 44.0 Å². The van der Waals surface area contributed by atoms with Crippen LogP contribution in [0.25, 0.3) is 0 Å². The van der Waals surface area contributed by atoms with Gasteiger partial charge < -0.3 is 5.32 Å². The van der Waals surface area contributed by atoms with Gasteiger partial charge in [0.2, 0.25) is 10.0 Å². The van der Waals surface area contributed by atoms with Crippen LogP contribution in [0.4, 0.5) is 0 Å². The summed E-state index contributed by atoms with van der Waals surface area (Å²) in [5.41, 5.74) is 1.40. The largest absolute Gasteiger partial charge is 0.348 e. The molecule has 3 rings (SSSR count). The van der Waals surface area contributed by atoms with E-state index in [0.29, 0.717) is 29.6 Å². The van der Waals surface area contributed by atoms with Gasteiger partial charge in [0.05, 0.1) is 6.26 Å². The summed E-state index contributed by atoms with van der Waals surface area (Å²) >= 11 is 5.93. The van der Waals surface area contributed by atoms with Gasteiger partial charge in [0.15, 0.2) is 0 Å². The van der Waals surface area contributed by atoms with Crippen LogP contribution in [0.15, 0.2) is 18.2 Å². The zero-order valence-corrected chi connectivity index (χ0v) is 14.8. The number of hydrogen-bond donors (Lipinski definition) is 1. The molecular weight excluding hydrogens is 336 g/mol. The van der Waals surface area contributed by atoms with E-state index < -0.39 is 10.0 Å². The van der Waals surface area contributed by atoms with Crippen molar-refractivity contribution in [1.29, 1.82) is 0 Å². The van der Waals surface area contributed by atoms with Gasteiger partial charge in [-0.25, -0.2) is 8.42 Å². The van der Waals surface area contributed by atoms with E-state index in [9.17, 15) is 13.2 Å². The van der Waals surface area contributed by atoms with Crippen LogP contribution in [0.5, 0.6) is 0 Å². The Balaban J connectivity index is 1.76. The Labute approximate surface area is 142 Å². The van der Waals surface area contributed by atoms with Gasteiger partial charge in [0.25, 0.3) is 5.91 Å². The van der Waals surface area contributed by atoms with E-state index >= 15 is 0 Å². The standard InChI is InChI=1S/C16H21ClN2O3S/c1-10-7-12(17)5-6-13(10)16(20)18-15-9-19(23(2,21)22)8-14(15)11-3-4-11/h5-7,11,14-15H,3-4,8-9H2,1-2H3,(H,18,20)/t14-,15+/m0/s1. The Morgan fingerprint density at radius 1 is 1.30 bits per heavy atom. The molecule has 0 aromatic heterocycles. The molecule has 23 heavy (non-hydrogen) atoms. The Bertz CT molecular complexity index is 731. The molecule has 0 spiro atoms. The SMILES string of the molecule is Cc1cc(Cl)ccc1C(=O)N[C@@H]1CN(S(C)(=O)=O)C[C@H]1C1CC1. The fraction of sp³-hybridized carbons (Fsp3) is 0.562. The number of benzene rings is 1. The van der Waals surface area contributed by atoms with Gasteiger partial charge in [0, 0.05) is 29.7 Å². The first-order valence-corrected chi connectivity index (χ1v) is 10.0. The lowest BCUT2D eigenvalue weighted by Gasteiger charge is -2.20. The molecular formula is C16H21ClN2O3S. The van der Waals surface area contributed by atoms with Crippen molar-refractivity contribution in [3.05, 3.63) is 34.3 Å². The number of sulfonamides is 1. The number of aryl methyl sites for hydroxylation is 1. The van der Waals surface area contributed by atoms with E-state index in [2.05, 4.69) is 5.32 Å². The first kappa shape index (κ1) is 16.7. The monoisotopic (exact) mass is 356 g/mol. The first-order valence-electron chi connectivity index (χ1n) is 7.78. The molecule has 1 aliphatic carbocycles. The number of halogens is 1. The van der Waals surface area contributed by atoms with Gasteiger partial charge in [-0.2, -0.15) is 4.31 Å². The second-order valence-electron chi connectivity index (χ2n) is 6.62. The zero-order chi connectivity index (χ0) is 16.8. The molecule has 1 aromatic carbocycles. The highest BCUT2D eigenvalue weighted by molar-refractivity contribution is 7.88.